The summed E-state index contributed by atoms with van der Waals surface area (Å²) in [5, 5.41) is 8.71. The van der Waals surface area contributed by atoms with Crippen molar-refractivity contribution in [3.8, 4) is 6.07 Å². The summed E-state index contributed by atoms with van der Waals surface area (Å²) in [6, 6.07) is 7.06. The van der Waals surface area contributed by atoms with Crippen LogP contribution >= 0.6 is 0 Å². The summed E-state index contributed by atoms with van der Waals surface area (Å²) >= 11 is 0. The molecular formula is C14H8F3NO2S. The van der Waals surface area contributed by atoms with E-state index in [4.69, 9.17) is 5.26 Å². The van der Waals surface area contributed by atoms with Gasteiger partial charge in [-0.3, -0.25) is 0 Å². The van der Waals surface area contributed by atoms with Gasteiger partial charge in [-0.05, 0) is 42.0 Å². The molecular weight excluding hydrogens is 303 g/mol. The van der Waals surface area contributed by atoms with E-state index in [1.807, 2.05) is 0 Å². The third-order valence-electron chi connectivity index (χ3n) is 2.69. The first kappa shape index (κ1) is 15.1. The standard InChI is InChI=1S/C14H8F3NO2S/c15-11-4-9(7-18)3-10(5-11)8-21(19,20)12-1-2-13(16)14(17)6-12/h1-6H,8H2. The minimum absolute atomic E-state index is 0.0227. The van der Waals surface area contributed by atoms with Crippen LogP contribution in [0.2, 0.25) is 0 Å². The summed E-state index contributed by atoms with van der Waals surface area (Å²) in [5.74, 6) is -3.81. The van der Waals surface area contributed by atoms with Crippen LogP contribution in [-0.2, 0) is 15.6 Å². The SMILES string of the molecule is N#Cc1cc(F)cc(CS(=O)(=O)c2ccc(F)c(F)c2)c1. The molecule has 0 heterocycles. The van der Waals surface area contributed by atoms with Crippen LogP contribution in [0.15, 0.2) is 41.3 Å². The minimum Gasteiger partial charge on any atom is -0.223 e. The fourth-order valence-corrected chi connectivity index (χ4v) is 3.10. The normalized spacial score (nSPS) is 11.1. The summed E-state index contributed by atoms with van der Waals surface area (Å²) in [6.45, 7) is 0. The molecule has 0 radical (unpaired) electrons. The zero-order valence-corrected chi connectivity index (χ0v) is 11.3. The molecule has 3 nitrogen and oxygen atoms in total. The van der Waals surface area contributed by atoms with Crippen LogP contribution in [0.5, 0.6) is 0 Å². The Morgan fingerprint density at radius 2 is 1.71 bits per heavy atom. The number of nitriles is 1. The van der Waals surface area contributed by atoms with Gasteiger partial charge in [-0.15, -0.1) is 0 Å². The smallest absolute Gasteiger partial charge is 0.182 e. The first-order valence-electron chi connectivity index (χ1n) is 5.69. The van der Waals surface area contributed by atoms with Crippen molar-refractivity contribution < 1.29 is 21.6 Å². The Kier molecular flexibility index (Phi) is 4.00. The molecule has 2 aromatic carbocycles. The highest BCUT2D eigenvalue weighted by Gasteiger charge is 2.18. The molecule has 0 unspecified atom stereocenters. The van der Waals surface area contributed by atoms with Crippen molar-refractivity contribution in [2.24, 2.45) is 0 Å². The van der Waals surface area contributed by atoms with Crippen molar-refractivity contribution >= 4 is 9.84 Å². The van der Waals surface area contributed by atoms with Crippen LogP contribution in [0.3, 0.4) is 0 Å². The Labute approximate surface area is 119 Å². The number of halogens is 3. The van der Waals surface area contributed by atoms with Crippen molar-refractivity contribution in [2.75, 3.05) is 0 Å². The molecule has 2 aromatic rings. The van der Waals surface area contributed by atoms with Gasteiger partial charge in [0.15, 0.2) is 21.5 Å². The molecule has 0 saturated carbocycles. The van der Waals surface area contributed by atoms with Crippen molar-refractivity contribution in [1.29, 1.82) is 5.26 Å². The highest BCUT2D eigenvalue weighted by atomic mass is 32.2. The zero-order chi connectivity index (χ0) is 15.6. The van der Waals surface area contributed by atoms with E-state index in [1.54, 1.807) is 6.07 Å². The monoisotopic (exact) mass is 311 g/mol. The summed E-state index contributed by atoms with van der Waals surface area (Å²) in [7, 11) is -3.98. The van der Waals surface area contributed by atoms with Crippen LogP contribution in [0.4, 0.5) is 13.2 Å². The van der Waals surface area contributed by atoms with Gasteiger partial charge in [-0.2, -0.15) is 5.26 Å². The second-order valence-electron chi connectivity index (χ2n) is 4.29. The number of benzene rings is 2. The first-order valence-corrected chi connectivity index (χ1v) is 7.34. The molecule has 0 saturated heterocycles. The molecule has 21 heavy (non-hydrogen) atoms. The van der Waals surface area contributed by atoms with E-state index >= 15 is 0 Å². The molecule has 108 valence electrons. The predicted octanol–water partition coefficient (Wildman–Crippen LogP) is 2.95. The Morgan fingerprint density at radius 1 is 1.00 bits per heavy atom. The fourth-order valence-electron chi connectivity index (χ4n) is 1.77. The highest BCUT2D eigenvalue weighted by Crippen LogP contribution is 2.20. The van der Waals surface area contributed by atoms with E-state index in [-0.39, 0.29) is 11.1 Å². The average Bonchev–Trinajstić information content (AvgIpc) is 2.40. The van der Waals surface area contributed by atoms with Gasteiger partial charge in [0.1, 0.15) is 5.82 Å². The molecule has 0 atom stereocenters. The number of rotatable bonds is 3. The van der Waals surface area contributed by atoms with E-state index in [9.17, 15) is 21.6 Å². The van der Waals surface area contributed by atoms with Gasteiger partial charge in [0.2, 0.25) is 0 Å². The number of sulfone groups is 1. The summed E-state index contributed by atoms with van der Waals surface area (Å²) in [6.07, 6.45) is 0. The van der Waals surface area contributed by atoms with E-state index in [0.717, 1.165) is 18.2 Å². The topological polar surface area (TPSA) is 57.9 Å². The maximum Gasteiger partial charge on any atom is 0.182 e. The third kappa shape index (κ3) is 3.41. The summed E-state index contributed by atoms with van der Waals surface area (Å²) < 4.78 is 63.3. The van der Waals surface area contributed by atoms with Gasteiger partial charge in [-0.25, -0.2) is 21.6 Å². The van der Waals surface area contributed by atoms with Crippen molar-refractivity contribution in [3.05, 3.63) is 65.0 Å². The van der Waals surface area contributed by atoms with Crippen molar-refractivity contribution in [1.82, 2.24) is 0 Å². The lowest BCUT2D eigenvalue weighted by atomic mass is 10.1. The minimum atomic E-state index is -3.98. The summed E-state index contributed by atoms with van der Waals surface area (Å²) in [5.41, 5.74) is 0.0294. The number of nitrogens with zero attached hydrogens (tertiary/aromatic N) is 1. The van der Waals surface area contributed by atoms with E-state index < -0.39 is 37.9 Å². The maximum absolute atomic E-state index is 13.3. The first-order chi connectivity index (χ1) is 9.81. The van der Waals surface area contributed by atoms with E-state index in [0.29, 0.717) is 12.1 Å². The van der Waals surface area contributed by atoms with Gasteiger partial charge in [-0.1, -0.05) is 0 Å². The second-order valence-corrected chi connectivity index (χ2v) is 6.28. The van der Waals surface area contributed by atoms with Crippen LogP contribution in [-0.4, -0.2) is 8.42 Å². The Balaban J connectivity index is 2.40. The molecule has 7 heteroatoms. The molecule has 0 aromatic heterocycles. The molecule has 2 rings (SSSR count). The van der Waals surface area contributed by atoms with Crippen molar-refractivity contribution in [3.63, 3.8) is 0 Å². The molecule has 0 aliphatic heterocycles. The van der Waals surface area contributed by atoms with Crippen LogP contribution in [0.1, 0.15) is 11.1 Å². The molecule has 0 N–H and O–H groups in total. The lowest BCUT2D eigenvalue weighted by Gasteiger charge is -2.06. The largest absolute Gasteiger partial charge is 0.223 e. The highest BCUT2D eigenvalue weighted by molar-refractivity contribution is 7.90. The van der Waals surface area contributed by atoms with Crippen LogP contribution < -0.4 is 0 Å². The van der Waals surface area contributed by atoms with Crippen LogP contribution in [0.25, 0.3) is 0 Å². The van der Waals surface area contributed by atoms with E-state index in [1.165, 1.54) is 6.07 Å². The molecule has 0 fully saturated rings. The molecule has 0 spiro atoms. The molecule has 0 aliphatic carbocycles. The molecule has 0 bridgehead atoms. The number of hydrogen-bond donors (Lipinski definition) is 0. The van der Waals surface area contributed by atoms with Gasteiger partial charge in [0.05, 0.1) is 22.3 Å². The maximum atomic E-state index is 13.3. The number of hydrogen-bond acceptors (Lipinski definition) is 3. The Morgan fingerprint density at radius 3 is 2.33 bits per heavy atom. The summed E-state index contributed by atoms with van der Waals surface area (Å²) in [4.78, 5) is -0.413. The van der Waals surface area contributed by atoms with Gasteiger partial charge in [0.25, 0.3) is 0 Å². The van der Waals surface area contributed by atoms with Gasteiger partial charge in [0, 0.05) is 0 Å². The molecule has 0 amide bonds. The third-order valence-corrected chi connectivity index (χ3v) is 4.38. The Bertz CT molecular complexity index is 842. The fraction of sp³-hybridized carbons (Fsp3) is 0.0714. The quantitative estimate of drug-likeness (QED) is 0.819. The average molecular weight is 311 g/mol. The van der Waals surface area contributed by atoms with Gasteiger partial charge >= 0.3 is 0 Å². The van der Waals surface area contributed by atoms with E-state index in [2.05, 4.69) is 0 Å². The lowest BCUT2D eigenvalue weighted by Crippen LogP contribution is -2.06. The zero-order valence-electron chi connectivity index (χ0n) is 10.5. The Hall–Kier alpha value is -2.33. The lowest BCUT2D eigenvalue weighted by molar-refractivity contribution is 0.504. The molecule has 0 aliphatic rings. The van der Waals surface area contributed by atoms with Crippen LogP contribution in [0, 0.1) is 28.8 Å². The second kappa shape index (κ2) is 5.58. The predicted molar refractivity (Wildman–Crippen MR) is 68.4 cm³/mol. The van der Waals surface area contributed by atoms with Crippen molar-refractivity contribution in [2.45, 2.75) is 10.6 Å². The van der Waals surface area contributed by atoms with Gasteiger partial charge < -0.3 is 0 Å².